The molecule has 0 spiro atoms. The Morgan fingerprint density at radius 1 is 1.00 bits per heavy atom. The lowest BCUT2D eigenvalue weighted by atomic mass is 10.2. The number of hydrogen-bond acceptors (Lipinski definition) is 5. The van der Waals surface area contributed by atoms with Gasteiger partial charge in [0.15, 0.2) is 0 Å². The molecule has 0 aromatic carbocycles. The van der Waals surface area contributed by atoms with Crippen LogP contribution >= 0.6 is 11.6 Å². The fourth-order valence-corrected chi connectivity index (χ4v) is 2.64. The zero-order valence-electron chi connectivity index (χ0n) is 12.7. The first-order chi connectivity index (χ1) is 11.2. The van der Waals surface area contributed by atoms with Gasteiger partial charge in [-0.3, -0.25) is 4.79 Å². The number of halogens is 1. The molecule has 1 amide bonds. The van der Waals surface area contributed by atoms with Crippen molar-refractivity contribution in [1.82, 2.24) is 15.0 Å². The predicted molar refractivity (Wildman–Crippen MR) is 89.9 cm³/mol. The highest BCUT2D eigenvalue weighted by Gasteiger charge is 2.13. The van der Waals surface area contributed by atoms with Gasteiger partial charge in [0.25, 0.3) is 5.91 Å². The molecule has 120 valence electrons. The second-order valence-electron chi connectivity index (χ2n) is 5.50. The largest absolute Gasteiger partial charge is 0.341 e. The summed E-state index contributed by atoms with van der Waals surface area (Å²) >= 11 is 5.71. The molecular weight excluding hydrogens is 314 g/mol. The normalized spacial score (nSPS) is 15.1. The van der Waals surface area contributed by atoms with Crippen molar-refractivity contribution in [1.29, 1.82) is 0 Å². The van der Waals surface area contributed by atoms with Crippen LogP contribution in [0.2, 0.25) is 5.15 Å². The van der Waals surface area contributed by atoms with E-state index in [1.807, 2.05) is 0 Å². The highest BCUT2D eigenvalue weighted by molar-refractivity contribution is 6.29. The fourth-order valence-electron chi connectivity index (χ4n) is 2.53. The predicted octanol–water partition coefficient (Wildman–Crippen LogP) is 3.16. The van der Waals surface area contributed by atoms with Crippen LogP contribution in [-0.2, 0) is 0 Å². The minimum absolute atomic E-state index is 0.264. The van der Waals surface area contributed by atoms with E-state index < -0.39 is 0 Å². The van der Waals surface area contributed by atoms with Gasteiger partial charge in [-0.05, 0) is 25.0 Å². The number of rotatable bonds is 3. The molecule has 0 aliphatic carbocycles. The molecule has 2 aromatic rings. The SMILES string of the molecule is O=C(Nc1cnc(N2CCCCCC2)nc1)c1ccc(Cl)nc1. The summed E-state index contributed by atoms with van der Waals surface area (Å²) in [5.41, 5.74) is 0.995. The summed E-state index contributed by atoms with van der Waals surface area (Å²) in [5, 5.41) is 3.11. The Labute approximate surface area is 139 Å². The topological polar surface area (TPSA) is 71.0 Å². The van der Waals surface area contributed by atoms with Gasteiger partial charge in [0.05, 0.1) is 23.6 Å². The molecule has 3 rings (SSSR count). The molecule has 1 aliphatic rings. The van der Waals surface area contributed by atoms with Crippen LogP contribution in [0.15, 0.2) is 30.7 Å². The summed E-state index contributed by atoms with van der Waals surface area (Å²) in [6.07, 6.45) is 9.57. The molecule has 0 unspecified atom stereocenters. The molecule has 6 nitrogen and oxygen atoms in total. The van der Waals surface area contributed by atoms with E-state index in [1.165, 1.54) is 31.9 Å². The molecule has 1 saturated heterocycles. The second-order valence-corrected chi connectivity index (χ2v) is 5.88. The van der Waals surface area contributed by atoms with Gasteiger partial charge in [-0.25, -0.2) is 15.0 Å². The number of amides is 1. The molecule has 0 saturated carbocycles. The first-order valence-electron chi connectivity index (χ1n) is 7.72. The molecule has 0 atom stereocenters. The van der Waals surface area contributed by atoms with Crippen molar-refractivity contribution < 1.29 is 4.79 Å². The standard InChI is InChI=1S/C16H18ClN5O/c17-14-6-5-12(9-18-14)15(23)21-13-10-19-16(20-11-13)22-7-3-1-2-4-8-22/h5-6,9-11H,1-4,7-8H2,(H,21,23). The Bertz CT molecular complexity index is 651. The van der Waals surface area contributed by atoms with E-state index in [-0.39, 0.29) is 5.91 Å². The summed E-state index contributed by atoms with van der Waals surface area (Å²) in [7, 11) is 0. The van der Waals surface area contributed by atoms with E-state index in [0.717, 1.165) is 19.0 Å². The number of nitrogens with one attached hydrogen (secondary N) is 1. The average Bonchev–Trinajstić information content (AvgIpc) is 2.85. The van der Waals surface area contributed by atoms with Crippen LogP contribution in [0.4, 0.5) is 11.6 Å². The number of anilines is 2. The summed E-state index contributed by atoms with van der Waals surface area (Å²) < 4.78 is 0. The van der Waals surface area contributed by atoms with Crippen LogP contribution in [0.1, 0.15) is 36.0 Å². The molecular formula is C16H18ClN5O. The average molecular weight is 332 g/mol. The van der Waals surface area contributed by atoms with Crippen LogP contribution in [0, 0.1) is 0 Å². The van der Waals surface area contributed by atoms with Crippen molar-refractivity contribution >= 4 is 29.1 Å². The number of hydrogen-bond donors (Lipinski definition) is 1. The number of aromatic nitrogens is 3. The third-order valence-electron chi connectivity index (χ3n) is 3.77. The zero-order chi connectivity index (χ0) is 16.1. The lowest BCUT2D eigenvalue weighted by Crippen LogP contribution is -2.26. The van der Waals surface area contributed by atoms with Crippen molar-refractivity contribution in [2.45, 2.75) is 25.7 Å². The molecule has 2 aromatic heterocycles. The molecule has 1 aliphatic heterocycles. The summed E-state index contributed by atoms with van der Waals surface area (Å²) in [6.45, 7) is 1.98. The minimum atomic E-state index is -0.264. The van der Waals surface area contributed by atoms with Crippen LogP contribution in [0.3, 0.4) is 0 Å². The molecule has 0 radical (unpaired) electrons. The van der Waals surface area contributed by atoms with Crippen LogP contribution < -0.4 is 10.2 Å². The Balaban J connectivity index is 1.64. The molecule has 23 heavy (non-hydrogen) atoms. The number of pyridine rings is 1. The monoisotopic (exact) mass is 331 g/mol. The van der Waals surface area contributed by atoms with E-state index in [2.05, 4.69) is 25.2 Å². The lowest BCUT2D eigenvalue weighted by Gasteiger charge is -2.19. The second kappa shape index (κ2) is 7.37. The van der Waals surface area contributed by atoms with E-state index in [9.17, 15) is 4.79 Å². The molecule has 1 fully saturated rings. The molecule has 1 N–H and O–H groups in total. The highest BCUT2D eigenvalue weighted by atomic mass is 35.5. The van der Waals surface area contributed by atoms with Crippen LogP contribution in [0.25, 0.3) is 0 Å². The van der Waals surface area contributed by atoms with E-state index in [0.29, 0.717) is 16.4 Å². The summed E-state index contributed by atoms with van der Waals surface area (Å²) in [4.78, 5) is 26.9. The number of carbonyl (C=O) groups is 1. The van der Waals surface area contributed by atoms with Crippen molar-refractivity contribution in [3.63, 3.8) is 0 Å². The Morgan fingerprint density at radius 3 is 2.30 bits per heavy atom. The zero-order valence-corrected chi connectivity index (χ0v) is 13.5. The van der Waals surface area contributed by atoms with Crippen molar-refractivity contribution in [3.05, 3.63) is 41.4 Å². The summed E-state index contributed by atoms with van der Waals surface area (Å²) in [6, 6.07) is 3.20. The first-order valence-corrected chi connectivity index (χ1v) is 8.10. The smallest absolute Gasteiger partial charge is 0.257 e. The minimum Gasteiger partial charge on any atom is -0.341 e. The van der Waals surface area contributed by atoms with Crippen LogP contribution in [-0.4, -0.2) is 33.9 Å². The maximum Gasteiger partial charge on any atom is 0.257 e. The lowest BCUT2D eigenvalue weighted by molar-refractivity contribution is 0.102. The van der Waals surface area contributed by atoms with Gasteiger partial charge in [0, 0.05) is 19.3 Å². The first kappa shape index (κ1) is 15.7. The van der Waals surface area contributed by atoms with Gasteiger partial charge >= 0.3 is 0 Å². The van der Waals surface area contributed by atoms with Gasteiger partial charge < -0.3 is 10.2 Å². The maximum absolute atomic E-state index is 12.1. The van der Waals surface area contributed by atoms with Crippen molar-refractivity contribution in [3.8, 4) is 0 Å². The quantitative estimate of drug-likeness (QED) is 0.875. The highest BCUT2D eigenvalue weighted by Crippen LogP contribution is 2.16. The number of carbonyl (C=O) groups excluding carboxylic acids is 1. The number of nitrogens with zero attached hydrogens (tertiary/aromatic N) is 4. The van der Waals surface area contributed by atoms with Gasteiger partial charge in [0.1, 0.15) is 5.15 Å². The fraction of sp³-hybridized carbons (Fsp3) is 0.375. The third kappa shape index (κ3) is 4.16. The van der Waals surface area contributed by atoms with E-state index in [4.69, 9.17) is 11.6 Å². The Kier molecular flexibility index (Phi) is 5.02. The Morgan fingerprint density at radius 2 is 1.70 bits per heavy atom. The van der Waals surface area contributed by atoms with Crippen molar-refractivity contribution in [2.24, 2.45) is 0 Å². The van der Waals surface area contributed by atoms with E-state index in [1.54, 1.807) is 24.5 Å². The molecule has 0 bridgehead atoms. The summed E-state index contributed by atoms with van der Waals surface area (Å²) in [5.74, 6) is 0.457. The van der Waals surface area contributed by atoms with Gasteiger partial charge in [-0.1, -0.05) is 24.4 Å². The molecule has 7 heteroatoms. The van der Waals surface area contributed by atoms with Gasteiger partial charge in [0.2, 0.25) is 5.95 Å². The van der Waals surface area contributed by atoms with Gasteiger partial charge in [-0.15, -0.1) is 0 Å². The van der Waals surface area contributed by atoms with E-state index >= 15 is 0 Å². The maximum atomic E-state index is 12.1. The Hall–Kier alpha value is -2.21. The molecule has 3 heterocycles. The van der Waals surface area contributed by atoms with Crippen molar-refractivity contribution in [2.75, 3.05) is 23.3 Å². The van der Waals surface area contributed by atoms with Gasteiger partial charge in [-0.2, -0.15) is 0 Å². The van der Waals surface area contributed by atoms with Crippen LogP contribution in [0.5, 0.6) is 0 Å². The third-order valence-corrected chi connectivity index (χ3v) is 4.00.